The quantitative estimate of drug-likeness (QED) is 0.704. The first-order chi connectivity index (χ1) is 9.76. The van der Waals surface area contributed by atoms with Crippen LogP contribution in [-0.4, -0.2) is 36.8 Å². The molecule has 0 aromatic carbocycles. The van der Waals surface area contributed by atoms with Gasteiger partial charge in [0.25, 0.3) is 0 Å². The van der Waals surface area contributed by atoms with Gasteiger partial charge < -0.3 is 14.8 Å². The molecule has 1 saturated carbocycles. The summed E-state index contributed by atoms with van der Waals surface area (Å²) in [6.45, 7) is 6.09. The Balaban J connectivity index is 1.90. The van der Waals surface area contributed by atoms with Gasteiger partial charge in [-0.2, -0.15) is 4.98 Å². The maximum Gasteiger partial charge on any atom is 0.221 e. The molecule has 0 amide bonds. The van der Waals surface area contributed by atoms with Crippen molar-refractivity contribution < 1.29 is 9.47 Å². The van der Waals surface area contributed by atoms with Gasteiger partial charge in [-0.1, -0.05) is 13.3 Å². The topological polar surface area (TPSA) is 56.3 Å². The van der Waals surface area contributed by atoms with Gasteiger partial charge in [-0.05, 0) is 26.2 Å². The third-order valence-electron chi connectivity index (χ3n) is 3.41. The molecule has 2 rings (SSSR count). The Morgan fingerprint density at radius 3 is 2.65 bits per heavy atom. The van der Waals surface area contributed by atoms with Crippen molar-refractivity contribution in [3.8, 4) is 5.88 Å². The summed E-state index contributed by atoms with van der Waals surface area (Å²) in [6, 6.07) is 0. The van der Waals surface area contributed by atoms with Crippen molar-refractivity contribution in [1.29, 1.82) is 0 Å². The van der Waals surface area contributed by atoms with E-state index in [4.69, 9.17) is 9.47 Å². The molecule has 112 valence electrons. The SMILES string of the molecule is CCCCOCCOc1nc(C2CC2)nc(NC)c1C. The second kappa shape index (κ2) is 7.43. The molecule has 0 spiro atoms. The second-order valence-corrected chi connectivity index (χ2v) is 5.20. The molecule has 1 aliphatic rings. The Hall–Kier alpha value is -1.36. The van der Waals surface area contributed by atoms with Gasteiger partial charge in [-0.3, -0.25) is 0 Å². The number of nitrogens with one attached hydrogen (secondary N) is 1. The molecule has 1 fully saturated rings. The van der Waals surface area contributed by atoms with Gasteiger partial charge in [0.2, 0.25) is 5.88 Å². The van der Waals surface area contributed by atoms with Crippen molar-refractivity contribution in [3.63, 3.8) is 0 Å². The van der Waals surface area contributed by atoms with Crippen LogP contribution in [0.5, 0.6) is 5.88 Å². The smallest absolute Gasteiger partial charge is 0.221 e. The normalized spacial score (nSPS) is 14.3. The van der Waals surface area contributed by atoms with Crippen molar-refractivity contribution >= 4 is 5.82 Å². The molecular weight excluding hydrogens is 254 g/mol. The lowest BCUT2D eigenvalue weighted by Crippen LogP contribution is -2.11. The van der Waals surface area contributed by atoms with Crippen LogP contribution in [0.1, 0.15) is 49.9 Å². The predicted octanol–water partition coefficient (Wildman–Crippen LogP) is 2.90. The number of anilines is 1. The van der Waals surface area contributed by atoms with Crippen molar-refractivity contribution in [2.24, 2.45) is 0 Å². The van der Waals surface area contributed by atoms with Crippen LogP contribution < -0.4 is 10.1 Å². The molecular formula is C15H25N3O2. The highest BCUT2D eigenvalue weighted by Gasteiger charge is 2.28. The molecule has 1 aromatic heterocycles. The minimum atomic E-state index is 0.519. The first-order valence-electron chi connectivity index (χ1n) is 7.53. The third-order valence-corrected chi connectivity index (χ3v) is 3.41. The van der Waals surface area contributed by atoms with E-state index in [0.29, 0.717) is 25.0 Å². The number of unbranched alkanes of at least 4 members (excludes halogenated alkanes) is 1. The average Bonchev–Trinajstić information content (AvgIpc) is 3.29. The molecule has 0 radical (unpaired) electrons. The summed E-state index contributed by atoms with van der Waals surface area (Å²) in [4.78, 5) is 9.10. The summed E-state index contributed by atoms with van der Waals surface area (Å²) in [5.41, 5.74) is 0.963. The number of hydrogen-bond donors (Lipinski definition) is 1. The van der Waals surface area contributed by atoms with Crippen LogP contribution in [0, 0.1) is 6.92 Å². The molecule has 1 aromatic rings. The van der Waals surface area contributed by atoms with Gasteiger partial charge in [-0.25, -0.2) is 4.98 Å². The maximum absolute atomic E-state index is 5.76. The van der Waals surface area contributed by atoms with Gasteiger partial charge in [-0.15, -0.1) is 0 Å². The lowest BCUT2D eigenvalue weighted by Gasteiger charge is -2.13. The predicted molar refractivity (Wildman–Crippen MR) is 79.5 cm³/mol. The van der Waals surface area contributed by atoms with Crippen LogP contribution in [0.25, 0.3) is 0 Å². The van der Waals surface area contributed by atoms with Gasteiger partial charge in [0.05, 0.1) is 12.2 Å². The Kier molecular flexibility index (Phi) is 5.59. The number of nitrogens with zero attached hydrogens (tertiary/aromatic N) is 2. The Morgan fingerprint density at radius 2 is 2.00 bits per heavy atom. The van der Waals surface area contributed by atoms with Crippen molar-refractivity contribution in [1.82, 2.24) is 9.97 Å². The van der Waals surface area contributed by atoms with Crippen LogP contribution in [-0.2, 0) is 4.74 Å². The van der Waals surface area contributed by atoms with Crippen LogP contribution >= 0.6 is 0 Å². The summed E-state index contributed by atoms with van der Waals surface area (Å²) < 4.78 is 11.3. The van der Waals surface area contributed by atoms with E-state index in [0.717, 1.165) is 36.7 Å². The van der Waals surface area contributed by atoms with E-state index in [1.54, 1.807) is 0 Å². The van der Waals surface area contributed by atoms with Crippen molar-refractivity contribution in [3.05, 3.63) is 11.4 Å². The highest BCUT2D eigenvalue weighted by Crippen LogP contribution is 2.39. The standard InChI is InChI=1S/C15H25N3O2/c1-4-5-8-19-9-10-20-15-11(2)13(16-3)17-14(18-15)12-6-7-12/h12H,4-10H2,1-3H3,(H,16,17,18). The van der Waals surface area contributed by atoms with E-state index in [2.05, 4.69) is 22.2 Å². The maximum atomic E-state index is 5.76. The van der Waals surface area contributed by atoms with E-state index < -0.39 is 0 Å². The summed E-state index contributed by atoms with van der Waals surface area (Å²) in [5.74, 6) is 2.97. The number of aromatic nitrogens is 2. The molecule has 5 nitrogen and oxygen atoms in total. The fourth-order valence-corrected chi connectivity index (χ4v) is 1.97. The molecule has 1 N–H and O–H groups in total. The lowest BCUT2D eigenvalue weighted by molar-refractivity contribution is 0.0961. The average molecular weight is 279 g/mol. The summed E-state index contributed by atoms with van der Waals surface area (Å²) in [7, 11) is 1.88. The zero-order valence-corrected chi connectivity index (χ0v) is 12.7. The lowest BCUT2D eigenvalue weighted by atomic mass is 10.3. The van der Waals surface area contributed by atoms with Gasteiger partial charge >= 0.3 is 0 Å². The molecule has 0 unspecified atom stereocenters. The zero-order valence-electron chi connectivity index (χ0n) is 12.7. The van der Waals surface area contributed by atoms with E-state index in [9.17, 15) is 0 Å². The molecule has 0 saturated heterocycles. The second-order valence-electron chi connectivity index (χ2n) is 5.20. The first kappa shape index (κ1) is 15.0. The van der Waals surface area contributed by atoms with E-state index in [-0.39, 0.29) is 0 Å². The minimum absolute atomic E-state index is 0.519. The molecule has 1 heterocycles. The molecule has 1 aliphatic carbocycles. The summed E-state index contributed by atoms with van der Waals surface area (Å²) >= 11 is 0. The Morgan fingerprint density at radius 1 is 1.20 bits per heavy atom. The monoisotopic (exact) mass is 279 g/mol. The van der Waals surface area contributed by atoms with Crippen LogP contribution in [0.15, 0.2) is 0 Å². The van der Waals surface area contributed by atoms with E-state index in [1.165, 1.54) is 12.8 Å². The Labute approximate surface area is 121 Å². The summed E-state index contributed by atoms with van der Waals surface area (Å²) in [5, 5.41) is 3.11. The highest BCUT2D eigenvalue weighted by atomic mass is 16.5. The van der Waals surface area contributed by atoms with Crippen molar-refractivity contribution in [2.75, 3.05) is 32.2 Å². The number of rotatable bonds is 9. The van der Waals surface area contributed by atoms with Gasteiger partial charge in [0.1, 0.15) is 18.2 Å². The van der Waals surface area contributed by atoms with E-state index in [1.807, 2.05) is 14.0 Å². The van der Waals surface area contributed by atoms with Crippen LogP contribution in [0.4, 0.5) is 5.82 Å². The molecule has 0 aliphatic heterocycles. The van der Waals surface area contributed by atoms with Gasteiger partial charge in [0, 0.05) is 19.6 Å². The molecule has 5 heteroatoms. The number of ether oxygens (including phenoxy) is 2. The van der Waals surface area contributed by atoms with Crippen LogP contribution in [0.3, 0.4) is 0 Å². The Bertz CT molecular complexity index is 433. The third kappa shape index (κ3) is 4.07. The molecule has 0 bridgehead atoms. The largest absolute Gasteiger partial charge is 0.475 e. The molecule has 20 heavy (non-hydrogen) atoms. The summed E-state index contributed by atoms with van der Waals surface area (Å²) in [6.07, 6.45) is 4.63. The number of hydrogen-bond acceptors (Lipinski definition) is 5. The van der Waals surface area contributed by atoms with Gasteiger partial charge in [0.15, 0.2) is 0 Å². The highest BCUT2D eigenvalue weighted by molar-refractivity contribution is 5.48. The first-order valence-corrected chi connectivity index (χ1v) is 7.53. The fourth-order valence-electron chi connectivity index (χ4n) is 1.97. The fraction of sp³-hybridized carbons (Fsp3) is 0.733. The zero-order chi connectivity index (χ0) is 14.4. The van der Waals surface area contributed by atoms with Crippen molar-refractivity contribution in [2.45, 2.75) is 45.4 Å². The van der Waals surface area contributed by atoms with E-state index >= 15 is 0 Å². The minimum Gasteiger partial charge on any atom is -0.475 e. The molecule has 0 atom stereocenters. The van der Waals surface area contributed by atoms with Crippen LogP contribution in [0.2, 0.25) is 0 Å².